The van der Waals surface area contributed by atoms with Gasteiger partial charge in [0.2, 0.25) is 0 Å². The number of aromatic hydroxyl groups is 3. The molecule has 0 aliphatic carbocycles. The standard InChI is InChI=1S/C15H12O5/c16-9-1-2-12-13(19)7-14(20-15(12)6-9)8-3-10(17)5-11(18)4-8/h1-6,14,16-18H,7H2. The van der Waals surface area contributed by atoms with Crippen LogP contribution in [0.5, 0.6) is 23.0 Å². The second-order valence-corrected chi connectivity index (χ2v) is 4.70. The maximum atomic E-state index is 12.1. The lowest BCUT2D eigenvalue weighted by molar-refractivity contribution is 0.0849. The molecule has 0 radical (unpaired) electrons. The third-order valence-corrected chi connectivity index (χ3v) is 3.20. The minimum Gasteiger partial charge on any atom is -0.508 e. The Morgan fingerprint density at radius 1 is 0.950 bits per heavy atom. The van der Waals surface area contributed by atoms with Gasteiger partial charge in [-0.1, -0.05) is 0 Å². The zero-order chi connectivity index (χ0) is 14.3. The third-order valence-electron chi connectivity index (χ3n) is 3.20. The minimum absolute atomic E-state index is 0.0101. The van der Waals surface area contributed by atoms with Gasteiger partial charge in [0.25, 0.3) is 0 Å². The predicted octanol–water partition coefficient (Wildman–Crippen LogP) is 2.51. The van der Waals surface area contributed by atoms with Crippen LogP contribution in [0.1, 0.15) is 28.4 Å². The molecule has 0 amide bonds. The molecule has 0 saturated carbocycles. The first kappa shape index (κ1) is 12.3. The lowest BCUT2D eigenvalue weighted by Gasteiger charge is -2.25. The molecule has 5 nitrogen and oxygen atoms in total. The highest BCUT2D eigenvalue weighted by molar-refractivity contribution is 6.00. The van der Waals surface area contributed by atoms with E-state index < -0.39 is 6.10 Å². The number of hydrogen-bond donors (Lipinski definition) is 3. The Balaban J connectivity index is 2.00. The number of carbonyl (C=O) groups is 1. The van der Waals surface area contributed by atoms with E-state index in [1.54, 1.807) is 0 Å². The third kappa shape index (κ3) is 2.14. The lowest BCUT2D eigenvalue weighted by Crippen LogP contribution is -2.20. The number of phenolic OH excluding ortho intramolecular Hbond substituents is 3. The van der Waals surface area contributed by atoms with Crippen LogP contribution in [-0.4, -0.2) is 21.1 Å². The zero-order valence-electron chi connectivity index (χ0n) is 10.4. The average molecular weight is 272 g/mol. The van der Waals surface area contributed by atoms with Gasteiger partial charge in [-0.3, -0.25) is 4.79 Å². The number of benzene rings is 2. The van der Waals surface area contributed by atoms with Crippen molar-refractivity contribution in [1.29, 1.82) is 0 Å². The van der Waals surface area contributed by atoms with E-state index in [1.165, 1.54) is 36.4 Å². The molecule has 1 heterocycles. The van der Waals surface area contributed by atoms with Gasteiger partial charge in [0.15, 0.2) is 5.78 Å². The van der Waals surface area contributed by atoms with Crippen LogP contribution in [0.4, 0.5) is 0 Å². The molecule has 5 heteroatoms. The van der Waals surface area contributed by atoms with E-state index in [4.69, 9.17) is 4.74 Å². The van der Waals surface area contributed by atoms with Crippen LogP contribution in [0.15, 0.2) is 36.4 Å². The van der Waals surface area contributed by atoms with Crippen molar-refractivity contribution in [3.63, 3.8) is 0 Å². The second-order valence-electron chi connectivity index (χ2n) is 4.70. The van der Waals surface area contributed by atoms with Crippen LogP contribution in [0.2, 0.25) is 0 Å². The number of hydrogen-bond acceptors (Lipinski definition) is 5. The molecular formula is C15H12O5. The summed E-state index contributed by atoms with van der Waals surface area (Å²) in [4.78, 5) is 12.1. The van der Waals surface area contributed by atoms with Crippen molar-refractivity contribution in [1.82, 2.24) is 0 Å². The number of ketones is 1. The molecule has 0 saturated heterocycles. The molecule has 1 aliphatic heterocycles. The Morgan fingerprint density at radius 3 is 2.35 bits per heavy atom. The maximum absolute atomic E-state index is 12.1. The van der Waals surface area contributed by atoms with Gasteiger partial charge >= 0.3 is 0 Å². The highest BCUT2D eigenvalue weighted by Gasteiger charge is 2.28. The maximum Gasteiger partial charge on any atom is 0.170 e. The summed E-state index contributed by atoms with van der Waals surface area (Å²) in [5.74, 6) is -0.000342. The number of phenols is 3. The van der Waals surface area contributed by atoms with Gasteiger partial charge in [-0.15, -0.1) is 0 Å². The van der Waals surface area contributed by atoms with Gasteiger partial charge in [0.1, 0.15) is 29.1 Å². The monoisotopic (exact) mass is 272 g/mol. The van der Waals surface area contributed by atoms with E-state index >= 15 is 0 Å². The molecule has 1 unspecified atom stereocenters. The fraction of sp³-hybridized carbons (Fsp3) is 0.133. The highest BCUT2D eigenvalue weighted by atomic mass is 16.5. The number of Topliss-reactive ketones (excluding diaryl/α,β-unsaturated/α-hetero) is 1. The SMILES string of the molecule is O=C1CC(c2cc(O)cc(O)c2)Oc2cc(O)ccc21. The first-order valence-electron chi connectivity index (χ1n) is 6.09. The first-order chi connectivity index (χ1) is 9.52. The molecule has 0 bridgehead atoms. The molecular weight excluding hydrogens is 260 g/mol. The lowest BCUT2D eigenvalue weighted by atomic mass is 9.96. The van der Waals surface area contributed by atoms with Gasteiger partial charge in [0, 0.05) is 17.7 Å². The van der Waals surface area contributed by atoms with Crippen LogP contribution in [0.25, 0.3) is 0 Å². The Kier molecular flexibility index (Phi) is 2.75. The zero-order valence-corrected chi connectivity index (χ0v) is 10.4. The highest BCUT2D eigenvalue weighted by Crippen LogP contribution is 2.38. The van der Waals surface area contributed by atoms with Crippen LogP contribution < -0.4 is 4.74 Å². The molecule has 2 aromatic rings. The van der Waals surface area contributed by atoms with E-state index in [9.17, 15) is 20.1 Å². The molecule has 102 valence electrons. The summed E-state index contributed by atoms with van der Waals surface area (Å²) < 4.78 is 5.68. The molecule has 0 aromatic heterocycles. The van der Waals surface area contributed by atoms with Gasteiger partial charge in [-0.2, -0.15) is 0 Å². The van der Waals surface area contributed by atoms with Crippen molar-refractivity contribution in [2.75, 3.05) is 0 Å². The fourth-order valence-electron chi connectivity index (χ4n) is 2.30. The summed E-state index contributed by atoms with van der Waals surface area (Å²) in [6.07, 6.45) is -0.490. The first-order valence-corrected chi connectivity index (χ1v) is 6.09. The van der Waals surface area contributed by atoms with E-state index in [0.29, 0.717) is 16.9 Å². The van der Waals surface area contributed by atoms with E-state index in [1.807, 2.05) is 0 Å². The summed E-state index contributed by atoms with van der Waals surface area (Å²) in [6.45, 7) is 0. The summed E-state index contributed by atoms with van der Waals surface area (Å²) >= 11 is 0. The van der Waals surface area contributed by atoms with Crippen molar-refractivity contribution in [3.05, 3.63) is 47.5 Å². The summed E-state index contributed by atoms with van der Waals surface area (Å²) in [7, 11) is 0. The van der Waals surface area contributed by atoms with Gasteiger partial charge in [0.05, 0.1) is 12.0 Å². The van der Waals surface area contributed by atoms with Crippen LogP contribution in [-0.2, 0) is 0 Å². The largest absolute Gasteiger partial charge is 0.508 e. The number of carbonyl (C=O) groups excluding carboxylic acids is 1. The number of ether oxygens (including phenoxy) is 1. The normalized spacial score (nSPS) is 17.4. The minimum atomic E-state index is -0.602. The topological polar surface area (TPSA) is 87.0 Å². The van der Waals surface area contributed by atoms with Crippen LogP contribution in [0.3, 0.4) is 0 Å². The van der Waals surface area contributed by atoms with E-state index in [2.05, 4.69) is 0 Å². The average Bonchev–Trinajstić information content (AvgIpc) is 2.36. The van der Waals surface area contributed by atoms with Crippen LogP contribution >= 0.6 is 0 Å². The predicted molar refractivity (Wildman–Crippen MR) is 70.2 cm³/mol. The molecule has 0 spiro atoms. The number of fused-ring (bicyclic) bond motifs is 1. The van der Waals surface area contributed by atoms with Crippen molar-refractivity contribution in [2.45, 2.75) is 12.5 Å². The molecule has 3 rings (SSSR count). The van der Waals surface area contributed by atoms with E-state index in [-0.39, 0.29) is 29.5 Å². The van der Waals surface area contributed by atoms with Crippen LogP contribution in [0, 0.1) is 0 Å². The summed E-state index contributed by atoms with van der Waals surface area (Å²) in [5.41, 5.74) is 0.924. The van der Waals surface area contributed by atoms with Crippen molar-refractivity contribution in [3.8, 4) is 23.0 Å². The molecule has 20 heavy (non-hydrogen) atoms. The van der Waals surface area contributed by atoms with Gasteiger partial charge < -0.3 is 20.1 Å². The Morgan fingerprint density at radius 2 is 1.65 bits per heavy atom. The van der Waals surface area contributed by atoms with Crippen molar-refractivity contribution < 1.29 is 24.9 Å². The summed E-state index contributed by atoms with van der Waals surface area (Å²) in [6, 6.07) is 8.40. The van der Waals surface area contributed by atoms with Crippen molar-refractivity contribution >= 4 is 5.78 Å². The summed E-state index contributed by atoms with van der Waals surface area (Å²) in [5, 5.41) is 28.4. The van der Waals surface area contributed by atoms with Gasteiger partial charge in [-0.05, 0) is 24.3 Å². The molecule has 3 N–H and O–H groups in total. The van der Waals surface area contributed by atoms with Gasteiger partial charge in [-0.25, -0.2) is 0 Å². The Hall–Kier alpha value is -2.69. The second kappa shape index (κ2) is 4.45. The van der Waals surface area contributed by atoms with E-state index in [0.717, 1.165) is 0 Å². The fourth-order valence-corrected chi connectivity index (χ4v) is 2.30. The molecule has 1 atom stereocenters. The number of rotatable bonds is 1. The molecule has 2 aromatic carbocycles. The smallest absolute Gasteiger partial charge is 0.170 e. The Bertz CT molecular complexity index is 672. The van der Waals surface area contributed by atoms with Crippen molar-refractivity contribution in [2.24, 2.45) is 0 Å². The Labute approximate surface area is 114 Å². The molecule has 0 fully saturated rings. The quantitative estimate of drug-likeness (QED) is 0.742. The molecule has 1 aliphatic rings.